The van der Waals surface area contributed by atoms with Gasteiger partial charge in [-0.1, -0.05) is 24.3 Å². The van der Waals surface area contributed by atoms with E-state index in [0.717, 1.165) is 38.0 Å². The van der Waals surface area contributed by atoms with Gasteiger partial charge in [0.1, 0.15) is 11.5 Å². The maximum absolute atomic E-state index is 13.1. The second kappa shape index (κ2) is 7.96. The Morgan fingerprint density at radius 2 is 1.88 bits per heavy atom. The van der Waals surface area contributed by atoms with Gasteiger partial charge in [-0.2, -0.15) is 0 Å². The van der Waals surface area contributed by atoms with Gasteiger partial charge in [0.05, 0.1) is 6.04 Å². The minimum atomic E-state index is 0.0145. The number of carbonyl (C=O) groups excluding carboxylic acids is 1. The molecule has 0 bridgehead atoms. The molecule has 5 heteroatoms. The first-order valence-corrected chi connectivity index (χ1v) is 9.31. The van der Waals surface area contributed by atoms with Gasteiger partial charge in [-0.3, -0.25) is 4.79 Å². The number of aryl methyl sites for hydroxylation is 2. The van der Waals surface area contributed by atoms with Crippen molar-refractivity contribution in [1.29, 1.82) is 0 Å². The molecule has 0 aliphatic carbocycles. The van der Waals surface area contributed by atoms with Crippen molar-refractivity contribution in [2.45, 2.75) is 45.7 Å². The van der Waals surface area contributed by atoms with Gasteiger partial charge in [0.2, 0.25) is 0 Å². The molecule has 1 aliphatic heterocycles. The van der Waals surface area contributed by atoms with E-state index in [-0.39, 0.29) is 11.9 Å². The van der Waals surface area contributed by atoms with Crippen molar-refractivity contribution in [3.05, 3.63) is 58.7 Å². The van der Waals surface area contributed by atoms with Crippen LogP contribution >= 0.6 is 0 Å². The van der Waals surface area contributed by atoms with Crippen molar-refractivity contribution in [1.82, 2.24) is 19.8 Å². The lowest BCUT2D eigenvalue weighted by Gasteiger charge is -2.36. The van der Waals surface area contributed by atoms with E-state index in [2.05, 4.69) is 53.2 Å². The Morgan fingerprint density at radius 3 is 2.54 bits per heavy atom. The van der Waals surface area contributed by atoms with Crippen LogP contribution in [0.4, 0.5) is 0 Å². The monoisotopic (exact) mass is 352 g/mol. The summed E-state index contributed by atoms with van der Waals surface area (Å²) in [4.78, 5) is 25.9. The molecular weight excluding hydrogens is 324 g/mol. The molecule has 0 radical (unpaired) electrons. The Bertz CT molecular complexity index is 750. The van der Waals surface area contributed by atoms with E-state index in [9.17, 15) is 4.79 Å². The first-order valence-electron chi connectivity index (χ1n) is 9.31. The molecule has 2 heterocycles. The molecule has 0 unspecified atom stereocenters. The number of benzene rings is 1. The highest BCUT2D eigenvalue weighted by molar-refractivity contribution is 5.92. The zero-order valence-corrected chi connectivity index (χ0v) is 16.2. The molecule has 0 spiro atoms. The van der Waals surface area contributed by atoms with Gasteiger partial charge < -0.3 is 9.80 Å². The summed E-state index contributed by atoms with van der Waals surface area (Å²) < 4.78 is 0. The highest BCUT2D eigenvalue weighted by Gasteiger charge is 2.29. The Labute approximate surface area is 156 Å². The summed E-state index contributed by atoms with van der Waals surface area (Å²) in [5.41, 5.74) is 3.84. The fraction of sp³-hybridized carbons (Fsp3) is 0.476. The average molecular weight is 352 g/mol. The van der Waals surface area contributed by atoms with Gasteiger partial charge in [0.25, 0.3) is 5.91 Å². The molecule has 3 rings (SSSR count). The van der Waals surface area contributed by atoms with E-state index >= 15 is 0 Å². The summed E-state index contributed by atoms with van der Waals surface area (Å²) in [5, 5.41) is 0. The summed E-state index contributed by atoms with van der Waals surface area (Å²) in [6.07, 6.45) is 3.20. The maximum atomic E-state index is 13.1. The number of aromatic nitrogens is 2. The molecule has 5 nitrogen and oxygen atoms in total. The SMILES string of the molecule is Cc1cc(C(=O)N2CCCC[C@@H]2c2ccc(CN(C)C)cc2)nc(C)n1. The van der Waals surface area contributed by atoms with Crippen molar-refractivity contribution in [3.63, 3.8) is 0 Å². The number of carbonyl (C=O) groups is 1. The Morgan fingerprint density at radius 1 is 1.15 bits per heavy atom. The van der Waals surface area contributed by atoms with Crippen LogP contribution < -0.4 is 0 Å². The van der Waals surface area contributed by atoms with Gasteiger partial charge in [-0.15, -0.1) is 0 Å². The topological polar surface area (TPSA) is 49.3 Å². The molecule has 138 valence electrons. The number of nitrogens with zero attached hydrogens (tertiary/aromatic N) is 4. The fourth-order valence-corrected chi connectivity index (χ4v) is 3.71. The van der Waals surface area contributed by atoms with Crippen molar-refractivity contribution < 1.29 is 4.79 Å². The van der Waals surface area contributed by atoms with Crippen LogP contribution in [0.5, 0.6) is 0 Å². The zero-order chi connectivity index (χ0) is 18.7. The summed E-state index contributed by atoms with van der Waals surface area (Å²) >= 11 is 0. The fourth-order valence-electron chi connectivity index (χ4n) is 3.71. The predicted octanol–water partition coefficient (Wildman–Crippen LogP) is 3.52. The van der Waals surface area contributed by atoms with Gasteiger partial charge in [0.15, 0.2) is 0 Å². The van der Waals surface area contributed by atoms with Gasteiger partial charge in [-0.05, 0) is 64.4 Å². The first kappa shape index (κ1) is 18.5. The van der Waals surface area contributed by atoms with E-state index in [0.29, 0.717) is 11.5 Å². The Balaban J connectivity index is 1.84. The number of likely N-dealkylation sites (tertiary alicyclic amines) is 1. The summed E-state index contributed by atoms with van der Waals surface area (Å²) in [7, 11) is 4.14. The van der Waals surface area contributed by atoms with Gasteiger partial charge in [0, 0.05) is 18.8 Å². The lowest BCUT2D eigenvalue weighted by atomic mass is 9.94. The number of amides is 1. The number of hydrogen-bond acceptors (Lipinski definition) is 4. The van der Waals surface area contributed by atoms with Crippen molar-refractivity contribution in [2.24, 2.45) is 0 Å². The standard InChI is InChI=1S/C21H28N4O/c1-15-13-19(23-16(2)22-15)21(26)25-12-6-5-7-20(25)18-10-8-17(9-11-18)14-24(3)4/h8-11,13,20H,5-7,12,14H2,1-4H3/t20-/m1/s1. The third-order valence-electron chi connectivity index (χ3n) is 4.81. The van der Waals surface area contributed by atoms with Crippen LogP contribution in [-0.4, -0.2) is 46.3 Å². The highest BCUT2D eigenvalue weighted by Crippen LogP contribution is 2.32. The van der Waals surface area contributed by atoms with Crippen LogP contribution in [0.3, 0.4) is 0 Å². The van der Waals surface area contributed by atoms with Crippen molar-refractivity contribution in [3.8, 4) is 0 Å². The molecule has 1 amide bonds. The quantitative estimate of drug-likeness (QED) is 0.845. The van der Waals surface area contributed by atoms with Crippen LogP contribution in [0.1, 0.15) is 58.4 Å². The second-order valence-corrected chi connectivity index (χ2v) is 7.43. The molecule has 1 saturated heterocycles. The van der Waals surface area contributed by atoms with Crippen molar-refractivity contribution >= 4 is 5.91 Å². The second-order valence-electron chi connectivity index (χ2n) is 7.43. The summed E-state index contributed by atoms with van der Waals surface area (Å²) in [5.74, 6) is 0.663. The zero-order valence-electron chi connectivity index (χ0n) is 16.2. The summed E-state index contributed by atoms with van der Waals surface area (Å²) in [6.45, 7) is 5.45. The number of hydrogen-bond donors (Lipinski definition) is 0. The molecule has 1 aromatic carbocycles. The van der Waals surface area contributed by atoms with Crippen LogP contribution in [0, 0.1) is 13.8 Å². The van der Waals surface area contributed by atoms with Crippen LogP contribution in [0.15, 0.2) is 30.3 Å². The van der Waals surface area contributed by atoms with E-state index in [4.69, 9.17) is 0 Å². The van der Waals surface area contributed by atoms with Gasteiger partial charge >= 0.3 is 0 Å². The lowest BCUT2D eigenvalue weighted by molar-refractivity contribution is 0.0605. The normalized spacial score (nSPS) is 17.6. The van der Waals surface area contributed by atoms with E-state index in [1.807, 2.05) is 18.7 Å². The Hall–Kier alpha value is -2.27. The molecule has 2 aromatic rings. The molecule has 1 aliphatic rings. The van der Waals surface area contributed by atoms with Crippen molar-refractivity contribution in [2.75, 3.05) is 20.6 Å². The largest absolute Gasteiger partial charge is 0.330 e. The molecular formula is C21H28N4O. The van der Waals surface area contributed by atoms with E-state index in [1.54, 1.807) is 6.07 Å². The summed E-state index contributed by atoms with van der Waals surface area (Å²) in [6, 6.07) is 10.6. The molecule has 26 heavy (non-hydrogen) atoms. The number of piperidine rings is 1. The highest BCUT2D eigenvalue weighted by atomic mass is 16.2. The average Bonchev–Trinajstić information content (AvgIpc) is 2.60. The lowest BCUT2D eigenvalue weighted by Crippen LogP contribution is -2.39. The smallest absolute Gasteiger partial charge is 0.273 e. The third-order valence-corrected chi connectivity index (χ3v) is 4.81. The molecule has 1 atom stereocenters. The molecule has 0 N–H and O–H groups in total. The van der Waals surface area contributed by atoms with Crippen LogP contribution in [0.2, 0.25) is 0 Å². The predicted molar refractivity (Wildman–Crippen MR) is 103 cm³/mol. The molecule has 1 fully saturated rings. The third kappa shape index (κ3) is 4.28. The molecule has 0 saturated carbocycles. The molecule has 1 aromatic heterocycles. The minimum absolute atomic E-state index is 0.0145. The van der Waals surface area contributed by atoms with Crippen LogP contribution in [0.25, 0.3) is 0 Å². The minimum Gasteiger partial charge on any atom is -0.330 e. The van der Waals surface area contributed by atoms with E-state index in [1.165, 1.54) is 11.1 Å². The van der Waals surface area contributed by atoms with Gasteiger partial charge in [-0.25, -0.2) is 9.97 Å². The van der Waals surface area contributed by atoms with Crippen LogP contribution in [-0.2, 0) is 6.54 Å². The number of rotatable bonds is 4. The maximum Gasteiger partial charge on any atom is 0.273 e. The Kier molecular flexibility index (Phi) is 5.67. The van der Waals surface area contributed by atoms with E-state index < -0.39 is 0 Å². The first-order chi connectivity index (χ1) is 12.4.